The standard InChI is InChI=1S/C16H18N4O2S.C5H11N.C2H6/c1-2-23(22,18-10-17)20-16(21)19-15-13-7-3-5-11(13)9-12-6-4-8-14(12)15;1-5-3-2-4-6-5;1-2/h2,9H,1,3-8H2,(H2,18,19,20,21,22);5-6H,2-4H2,1H3;1-2H3. The summed E-state index contributed by atoms with van der Waals surface area (Å²) in [5, 5.41) is 15.7. The second-order valence-corrected chi connectivity index (χ2v) is 9.57. The Kier molecular flexibility index (Phi) is 9.53. The number of benzene rings is 1. The summed E-state index contributed by atoms with van der Waals surface area (Å²) in [7, 11) is -3.26. The van der Waals surface area contributed by atoms with Crippen molar-refractivity contribution in [2.45, 2.75) is 78.2 Å². The number of urea groups is 1. The number of hydrogen-bond acceptors (Lipinski definition) is 5. The van der Waals surface area contributed by atoms with Gasteiger partial charge in [0.1, 0.15) is 0 Å². The van der Waals surface area contributed by atoms with Crippen molar-refractivity contribution in [3.63, 3.8) is 0 Å². The fourth-order valence-electron chi connectivity index (χ4n) is 4.26. The fourth-order valence-corrected chi connectivity index (χ4v) is 4.90. The molecule has 7 nitrogen and oxygen atoms in total. The zero-order valence-corrected chi connectivity index (χ0v) is 19.7. The van der Waals surface area contributed by atoms with E-state index in [2.05, 4.69) is 39.3 Å². The first-order valence-electron chi connectivity index (χ1n) is 11.2. The number of nitriles is 1. The van der Waals surface area contributed by atoms with Gasteiger partial charge in [0.15, 0.2) is 9.92 Å². The zero-order chi connectivity index (χ0) is 22.9. The summed E-state index contributed by atoms with van der Waals surface area (Å²) in [5.41, 5.74) is 5.82. The summed E-state index contributed by atoms with van der Waals surface area (Å²) in [6, 6.07) is 2.44. The number of carbonyl (C=O) groups is 1. The van der Waals surface area contributed by atoms with Gasteiger partial charge in [-0.2, -0.15) is 5.26 Å². The average molecular weight is 446 g/mol. The van der Waals surface area contributed by atoms with Gasteiger partial charge in [0.05, 0.1) is 0 Å². The Morgan fingerprint density at radius 3 is 2.26 bits per heavy atom. The van der Waals surface area contributed by atoms with E-state index in [0.717, 1.165) is 55.7 Å². The lowest BCUT2D eigenvalue weighted by molar-refractivity contribution is 0.257. The van der Waals surface area contributed by atoms with Crippen LogP contribution in [0.4, 0.5) is 10.5 Å². The van der Waals surface area contributed by atoms with Gasteiger partial charge >= 0.3 is 6.03 Å². The van der Waals surface area contributed by atoms with Gasteiger partial charge in [0, 0.05) is 17.1 Å². The minimum absolute atomic E-state index is 0.622. The average Bonchev–Trinajstić information content (AvgIpc) is 3.51. The lowest BCUT2D eigenvalue weighted by Crippen LogP contribution is -2.33. The van der Waals surface area contributed by atoms with Crippen molar-refractivity contribution in [3.05, 3.63) is 40.3 Å². The summed E-state index contributed by atoms with van der Waals surface area (Å²) < 4.78 is 17.6. The SMILES string of the molecule is C=CS(=O)(=NC#N)NC(=O)Nc1c2c(cc3c1CCC3)CCC2.CC.CC1CCCN1. The molecule has 1 aromatic carbocycles. The molecule has 1 saturated heterocycles. The number of hydrogen-bond donors (Lipinski definition) is 3. The van der Waals surface area contributed by atoms with Gasteiger partial charge in [0.2, 0.25) is 6.19 Å². The van der Waals surface area contributed by atoms with Crippen molar-refractivity contribution in [1.29, 1.82) is 5.26 Å². The highest BCUT2D eigenvalue weighted by atomic mass is 32.2. The van der Waals surface area contributed by atoms with Gasteiger partial charge in [-0.15, -0.1) is 0 Å². The normalized spacial score (nSPS) is 19.7. The summed E-state index contributed by atoms with van der Waals surface area (Å²) in [4.78, 5) is 12.2. The topological polar surface area (TPSA) is 106 Å². The first-order valence-corrected chi connectivity index (χ1v) is 12.8. The summed E-state index contributed by atoms with van der Waals surface area (Å²) in [5.74, 6) is 0. The van der Waals surface area contributed by atoms with Crippen LogP contribution in [0.1, 0.15) is 68.7 Å². The molecule has 0 aromatic heterocycles. The van der Waals surface area contributed by atoms with E-state index in [1.54, 1.807) is 0 Å². The number of rotatable bonds is 3. The molecule has 0 saturated carbocycles. The lowest BCUT2D eigenvalue weighted by atomic mass is 9.99. The molecule has 2 atom stereocenters. The minimum atomic E-state index is -3.26. The monoisotopic (exact) mass is 445 g/mol. The van der Waals surface area contributed by atoms with Crippen molar-refractivity contribution < 1.29 is 9.00 Å². The van der Waals surface area contributed by atoms with Crippen molar-refractivity contribution in [2.75, 3.05) is 11.9 Å². The predicted octanol–water partition coefficient (Wildman–Crippen LogP) is 4.58. The lowest BCUT2D eigenvalue weighted by Gasteiger charge is -2.16. The first-order chi connectivity index (χ1) is 15.0. The number of nitrogens with one attached hydrogen (secondary N) is 3. The van der Waals surface area contributed by atoms with Crippen LogP contribution in [0.25, 0.3) is 0 Å². The smallest absolute Gasteiger partial charge is 0.314 e. The van der Waals surface area contributed by atoms with Crippen molar-refractivity contribution >= 4 is 21.6 Å². The predicted molar refractivity (Wildman–Crippen MR) is 127 cm³/mol. The molecular weight excluding hydrogens is 410 g/mol. The molecule has 2 unspecified atom stereocenters. The van der Waals surface area contributed by atoms with Gasteiger partial charge in [-0.1, -0.05) is 30.9 Å². The maximum absolute atomic E-state index is 12.2. The van der Waals surface area contributed by atoms with Crippen LogP contribution >= 0.6 is 0 Å². The first kappa shape index (κ1) is 24.9. The molecular formula is C23H35N5O2S. The van der Waals surface area contributed by atoms with Gasteiger partial charge in [-0.05, 0) is 87.1 Å². The molecule has 1 heterocycles. The van der Waals surface area contributed by atoms with E-state index >= 15 is 0 Å². The highest BCUT2D eigenvalue weighted by Gasteiger charge is 2.25. The minimum Gasteiger partial charge on any atom is -0.314 e. The molecule has 31 heavy (non-hydrogen) atoms. The number of fused-ring (bicyclic) bond motifs is 2. The highest BCUT2D eigenvalue weighted by Crippen LogP contribution is 2.38. The molecule has 2 aliphatic carbocycles. The molecule has 8 heteroatoms. The summed E-state index contributed by atoms with van der Waals surface area (Å²) >= 11 is 0. The molecule has 170 valence electrons. The van der Waals surface area contributed by atoms with E-state index in [9.17, 15) is 9.00 Å². The van der Waals surface area contributed by atoms with Crippen LogP contribution in [0.5, 0.6) is 0 Å². The molecule has 1 fully saturated rings. The maximum atomic E-state index is 12.2. The van der Waals surface area contributed by atoms with E-state index < -0.39 is 15.9 Å². The van der Waals surface area contributed by atoms with E-state index in [4.69, 9.17) is 5.26 Å². The van der Waals surface area contributed by atoms with Crippen molar-refractivity contribution in [1.82, 2.24) is 10.0 Å². The fraction of sp³-hybridized carbons (Fsp3) is 0.565. The Balaban J connectivity index is 0.000000363. The Labute approximate surface area is 187 Å². The number of nitrogens with zero attached hydrogens (tertiary/aromatic N) is 2. The van der Waals surface area contributed by atoms with Gasteiger partial charge < -0.3 is 10.6 Å². The molecule has 2 amide bonds. The molecule has 0 spiro atoms. The quantitative estimate of drug-likeness (QED) is 0.592. The molecule has 0 bridgehead atoms. The third kappa shape index (κ3) is 6.55. The Morgan fingerprint density at radius 1 is 1.23 bits per heavy atom. The molecule has 1 aromatic rings. The largest absolute Gasteiger partial charge is 0.331 e. The third-order valence-electron chi connectivity index (χ3n) is 5.66. The summed E-state index contributed by atoms with van der Waals surface area (Å²) in [6.45, 7) is 10.8. The second-order valence-electron chi connectivity index (χ2n) is 7.71. The highest BCUT2D eigenvalue weighted by molar-refractivity contribution is 7.95. The van der Waals surface area contributed by atoms with Crippen LogP contribution in [-0.4, -0.2) is 22.8 Å². The maximum Gasteiger partial charge on any atom is 0.331 e. The zero-order valence-electron chi connectivity index (χ0n) is 18.9. The molecule has 1 aliphatic heterocycles. The van der Waals surface area contributed by atoms with Crippen LogP contribution in [0.15, 0.2) is 22.4 Å². The summed E-state index contributed by atoms with van der Waals surface area (Å²) in [6.07, 6.45) is 10.3. The van der Waals surface area contributed by atoms with E-state index in [0.29, 0.717) is 0 Å². The van der Waals surface area contributed by atoms with Crippen LogP contribution < -0.4 is 15.4 Å². The molecule has 3 aliphatic rings. The van der Waals surface area contributed by atoms with Gasteiger partial charge in [-0.25, -0.2) is 13.7 Å². The Hall–Kier alpha value is -2.37. The van der Waals surface area contributed by atoms with Crippen molar-refractivity contribution in [2.24, 2.45) is 4.36 Å². The third-order valence-corrected chi connectivity index (χ3v) is 6.94. The van der Waals surface area contributed by atoms with Crippen LogP contribution in [0.2, 0.25) is 0 Å². The number of anilines is 1. The molecule has 0 radical (unpaired) electrons. The van der Waals surface area contributed by atoms with E-state index in [1.807, 2.05) is 13.8 Å². The van der Waals surface area contributed by atoms with Crippen LogP contribution in [0.3, 0.4) is 0 Å². The Morgan fingerprint density at radius 2 is 1.84 bits per heavy atom. The van der Waals surface area contributed by atoms with Gasteiger partial charge in [-0.3, -0.25) is 0 Å². The van der Waals surface area contributed by atoms with Gasteiger partial charge in [0.25, 0.3) is 0 Å². The number of amides is 2. The molecule has 3 N–H and O–H groups in total. The van der Waals surface area contributed by atoms with E-state index in [1.165, 1.54) is 47.8 Å². The van der Waals surface area contributed by atoms with Crippen LogP contribution in [0, 0.1) is 11.5 Å². The number of carbonyl (C=O) groups excluding carboxylic acids is 1. The molecule has 4 rings (SSSR count). The van der Waals surface area contributed by atoms with Crippen LogP contribution in [-0.2, 0) is 35.6 Å². The van der Waals surface area contributed by atoms with E-state index in [-0.39, 0.29) is 0 Å². The Bertz CT molecular complexity index is 919. The van der Waals surface area contributed by atoms with Crippen molar-refractivity contribution in [3.8, 4) is 6.19 Å². The number of aryl methyl sites for hydroxylation is 2. The second kappa shape index (κ2) is 11.9.